The lowest BCUT2D eigenvalue weighted by Gasteiger charge is -2.25. The van der Waals surface area contributed by atoms with Gasteiger partial charge >= 0.3 is 0 Å². The van der Waals surface area contributed by atoms with Crippen molar-refractivity contribution in [2.75, 3.05) is 13.1 Å². The van der Waals surface area contributed by atoms with Gasteiger partial charge in [0.05, 0.1) is 0 Å². The van der Waals surface area contributed by atoms with Gasteiger partial charge in [0.2, 0.25) is 0 Å². The molecule has 2 aliphatic carbocycles. The molecule has 0 aromatic carbocycles. The standard InChI is InChI=1S/C14H25N/c1-2-11(5-7-15-6-1)8-14-10-12-3-4-13(14)9-12/h11-15H,1-10H2. The summed E-state index contributed by atoms with van der Waals surface area (Å²) in [5.74, 6) is 4.48. The number of fused-ring (bicyclic) bond motifs is 2. The van der Waals surface area contributed by atoms with Crippen LogP contribution in [0.1, 0.15) is 51.4 Å². The van der Waals surface area contributed by atoms with Crippen LogP contribution in [0, 0.1) is 23.7 Å². The average molecular weight is 207 g/mol. The highest BCUT2D eigenvalue weighted by atomic mass is 14.8. The molecule has 3 fully saturated rings. The molecule has 4 unspecified atom stereocenters. The van der Waals surface area contributed by atoms with Crippen molar-refractivity contribution in [3.63, 3.8) is 0 Å². The van der Waals surface area contributed by atoms with E-state index in [1.54, 1.807) is 32.1 Å². The Morgan fingerprint density at radius 2 is 1.93 bits per heavy atom. The van der Waals surface area contributed by atoms with Crippen LogP contribution in [-0.4, -0.2) is 13.1 Å². The minimum Gasteiger partial charge on any atom is -0.317 e. The van der Waals surface area contributed by atoms with E-state index in [-0.39, 0.29) is 0 Å². The van der Waals surface area contributed by atoms with Crippen molar-refractivity contribution in [1.82, 2.24) is 5.32 Å². The maximum absolute atomic E-state index is 3.54. The smallest absolute Gasteiger partial charge is 0.00463 e. The van der Waals surface area contributed by atoms with E-state index in [4.69, 9.17) is 0 Å². The van der Waals surface area contributed by atoms with Crippen LogP contribution < -0.4 is 5.32 Å². The van der Waals surface area contributed by atoms with Crippen molar-refractivity contribution in [3.8, 4) is 0 Å². The maximum atomic E-state index is 3.54. The molecule has 1 heterocycles. The van der Waals surface area contributed by atoms with Gasteiger partial charge in [-0.05, 0) is 81.7 Å². The monoisotopic (exact) mass is 207 g/mol. The fraction of sp³-hybridized carbons (Fsp3) is 1.00. The zero-order valence-corrected chi connectivity index (χ0v) is 9.88. The molecule has 3 aliphatic rings. The molecule has 0 spiro atoms. The average Bonchev–Trinajstić information content (AvgIpc) is 2.75. The zero-order chi connectivity index (χ0) is 10.1. The molecule has 4 atom stereocenters. The van der Waals surface area contributed by atoms with Gasteiger partial charge in [-0.3, -0.25) is 0 Å². The Kier molecular flexibility index (Phi) is 3.01. The second-order valence-corrected chi connectivity index (χ2v) is 6.22. The summed E-state index contributed by atoms with van der Waals surface area (Å²) in [5.41, 5.74) is 0. The van der Waals surface area contributed by atoms with Crippen LogP contribution in [0.25, 0.3) is 0 Å². The van der Waals surface area contributed by atoms with Gasteiger partial charge in [0.1, 0.15) is 0 Å². The van der Waals surface area contributed by atoms with Gasteiger partial charge in [-0.1, -0.05) is 6.42 Å². The van der Waals surface area contributed by atoms with E-state index < -0.39 is 0 Å². The van der Waals surface area contributed by atoms with E-state index >= 15 is 0 Å². The second-order valence-electron chi connectivity index (χ2n) is 6.22. The molecule has 0 aromatic rings. The minimum absolute atomic E-state index is 1.06. The first kappa shape index (κ1) is 10.1. The van der Waals surface area contributed by atoms with E-state index in [2.05, 4.69) is 5.32 Å². The van der Waals surface area contributed by atoms with E-state index in [1.165, 1.54) is 32.4 Å². The molecule has 1 nitrogen and oxygen atoms in total. The summed E-state index contributed by atoms with van der Waals surface area (Å²) >= 11 is 0. The molecule has 1 aliphatic heterocycles. The first-order valence-electron chi connectivity index (χ1n) is 7.12. The normalized spacial score (nSPS) is 45.6. The molecule has 1 heteroatoms. The van der Waals surface area contributed by atoms with Crippen molar-refractivity contribution < 1.29 is 0 Å². The van der Waals surface area contributed by atoms with Crippen LogP contribution in [0.3, 0.4) is 0 Å². The zero-order valence-electron chi connectivity index (χ0n) is 9.88. The van der Waals surface area contributed by atoms with E-state index in [1.807, 2.05) is 0 Å². The third kappa shape index (κ3) is 2.22. The summed E-state index contributed by atoms with van der Waals surface area (Å²) < 4.78 is 0. The highest BCUT2D eigenvalue weighted by molar-refractivity contribution is 4.91. The van der Waals surface area contributed by atoms with Crippen LogP contribution >= 0.6 is 0 Å². The van der Waals surface area contributed by atoms with Crippen LogP contribution in [0.4, 0.5) is 0 Å². The molecule has 1 saturated heterocycles. The third-order valence-electron chi connectivity index (χ3n) is 5.22. The fourth-order valence-corrected chi connectivity index (χ4v) is 4.42. The maximum Gasteiger partial charge on any atom is -0.00463 e. The number of nitrogens with one attached hydrogen (secondary N) is 1. The summed E-state index contributed by atoms with van der Waals surface area (Å²) in [6.45, 7) is 2.55. The van der Waals surface area contributed by atoms with Crippen LogP contribution in [0.15, 0.2) is 0 Å². The third-order valence-corrected chi connectivity index (χ3v) is 5.22. The minimum atomic E-state index is 1.06. The van der Waals surface area contributed by atoms with Crippen molar-refractivity contribution in [3.05, 3.63) is 0 Å². The van der Waals surface area contributed by atoms with Crippen LogP contribution in [-0.2, 0) is 0 Å². The Balaban J connectivity index is 1.51. The first-order valence-corrected chi connectivity index (χ1v) is 7.12. The molecule has 0 aromatic heterocycles. The SMILES string of the molecule is C1CNCCC(CC2CC3CCC2C3)C1. The number of hydrogen-bond acceptors (Lipinski definition) is 1. The van der Waals surface area contributed by atoms with Gasteiger partial charge in [-0.25, -0.2) is 0 Å². The Labute approximate surface area is 94.0 Å². The van der Waals surface area contributed by atoms with Gasteiger partial charge in [0.15, 0.2) is 0 Å². The summed E-state index contributed by atoms with van der Waals surface area (Å²) in [7, 11) is 0. The predicted octanol–water partition coefficient (Wildman–Crippen LogP) is 3.20. The molecular formula is C14H25N. The first-order chi connectivity index (χ1) is 7.42. The van der Waals surface area contributed by atoms with Crippen molar-refractivity contribution in [2.45, 2.75) is 51.4 Å². The molecule has 1 N–H and O–H groups in total. The lowest BCUT2D eigenvalue weighted by atomic mass is 9.80. The van der Waals surface area contributed by atoms with Gasteiger partial charge < -0.3 is 5.32 Å². The largest absolute Gasteiger partial charge is 0.317 e. The molecule has 15 heavy (non-hydrogen) atoms. The quantitative estimate of drug-likeness (QED) is 0.733. The number of rotatable bonds is 2. The van der Waals surface area contributed by atoms with Gasteiger partial charge in [-0.2, -0.15) is 0 Å². The van der Waals surface area contributed by atoms with Gasteiger partial charge in [0.25, 0.3) is 0 Å². The molecule has 2 saturated carbocycles. The highest BCUT2D eigenvalue weighted by Crippen LogP contribution is 2.50. The Bertz CT molecular complexity index is 205. The Morgan fingerprint density at radius 1 is 0.933 bits per heavy atom. The molecule has 86 valence electrons. The second kappa shape index (κ2) is 4.45. The lowest BCUT2D eigenvalue weighted by molar-refractivity contribution is 0.256. The van der Waals surface area contributed by atoms with E-state index in [9.17, 15) is 0 Å². The predicted molar refractivity (Wildman–Crippen MR) is 63.8 cm³/mol. The summed E-state index contributed by atoms with van der Waals surface area (Å²) in [6, 6.07) is 0. The molecule has 3 rings (SSSR count). The Hall–Kier alpha value is -0.0400. The molecular weight excluding hydrogens is 182 g/mol. The molecule has 0 amide bonds. The Morgan fingerprint density at radius 3 is 2.73 bits per heavy atom. The van der Waals surface area contributed by atoms with E-state index in [0.717, 1.165) is 23.7 Å². The highest BCUT2D eigenvalue weighted by Gasteiger charge is 2.39. The van der Waals surface area contributed by atoms with Crippen molar-refractivity contribution >= 4 is 0 Å². The van der Waals surface area contributed by atoms with Crippen LogP contribution in [0.2, 0.25) is 0 Å². The summed E-state index contributed by atoms with van der Waals surface area (Å²) in [6.07, 6.45) is 12.3. The summed E-state index contributed by atoms with van der Waals surface area (Å²) in [4.78, 5) is 0. The van der Waals surface area contributed by atoms with Crippen molar-refractivity contribution in [2.24, 2.45) is 23.7 Å². The number of hydrogen-bond donors (Lipinski definition) is 1. The van der Waals surface area contributed by atoms with Crippen LogP contribution in [0.5, 0.6) is 0 Å². The van der Waals surface area contributed by atoms with Crippen molar-refractivity contribution in [1.29, 1.82) is 0 Å². The molecule has 2 bridgehead atoms. The van der Waals surface area contributed by atoms with Gasteiger partial charge in [-0.15, -0.1) is 0 Å². The molecule has 0 radical (unpaired) electrons. The topological polar surface area (TPSA) is 12.0 Å². The van der Waals surface area contributed by atoms with Gasteiger partial charge in [0, 0.05) is 0 Å². The fourth-order valence-electron chi connectivity index (χ4n) is 4.42. The lowest BCUT2D eigenvalue weighted by Crippen LogP contribution is -2.17. The summed E-state index contributed by atoms with van der Waals surface area (Å²) in [5, 5.41) is 3.54. The van der Waals surface area contributed by atoms with E-state index in [0.29, 0.717) is 0 Å².